The monoisotopic (exact) mass is 475 g/mol. The summed E-state index contributed by atoms with van der Waals surface area (Å²) in [5.41, 5.74) is 19.1. The van der Waals surface area contributed by atoms with E-state index in [0.29, 0.717) is 24.6 Å². The van der Waals surface area contributed by atoms with Gasteiger partial charge in [0.15, 0.2) is 0 Å². The van der Waals surface area contributed by atoms with Crippen LogP contribution in [0, 0.1) is 5.92 Å². The summed E-state index contributed by atoms with van der Waals surface area (Å²) >= 11 is 0. The quantitative estimate of drug-likeness (QED) is 0.460. The van der Waals surface area contributed by atoms with Gasteiger partial charge in [-0.2, -0.15) is 0 Å². The van der Waals surface area contributed by atoms with E-state index in [2.05, 4.69) is 26.0 Å². The van der Waals surface area contributed by atoms with E-state index in [1.807, 2.05) is 36.4 Å². The van der Waals surface area contributed by atoms with Crippen LogP contribution in [0.4, 0.5) is 0 Å². The van der Waals surface area contributed by atoms with Crippen molar-refractivity contribution in [1.29, 1.82) is 0 Å². The number of hydrogen-bond donors (Lipinski definition) is 2. The Bertz CT molecular complexity index is 1040. The van der Waals surface area contributed by atoms with Crippen LogP contribution in [0.3, 0.4) is 0 Å². The molecular formula is C25H31Cl2N3O2. The normalized spacial score (nSPS) is 10.3. The third-order valence-electron chi connectivity index (χ3n) is 5.12. The van der Waals surface area contributed by atoms with E-state index in [-0.39, 0.29) is 30.8 Å². The zero-order valence-corrected chi connectivity index (χ0v) is 20.3. The molecule has 2 aromatic carbocycles. The standard InChI is InChI=1S/C25H29N3O2.2ClH/c1-16(2)12-23-22(15-27)21(18-10-8-17(14-26)9-11-18)13-24(28-23)19-6-4-5-7-20(19)25(29)30-3;;/h4-11,13,16H,12,14-15,26-27H2,1-3H3;2*1H. The van der Waals surface area contributed by atoms with Gasteiger partial charge in [0.25, 0.3) is 0 Å². The van der Waals surface area contributed by atoms with Crippen LogP contribution >= 0.6 is 24.8 Å². The molecule has 0 fully saturated rings. The third kappa shape index (κ3) is 6.08. The number of pyridine rings is 1. The number of hydrogen-bond acceptors (Lipinski definition) is 5. The molecule has 0 aliphatic rings. The molecule has 0 amide bonds. The molecule has 0 spiro atoms. The maximum Gasteiger partial charge on any atom is 0.338 e. The second kappa shape index (κ2) is 12.6. The largest absolute Gasteiger partial charge is 0.465 e. The van der Waals surface area contributed by atoms with E-state index in [4.69, 9.17) is 21.2 Å². The van der Waals surface area contributed by atoms with Gasteiger partial charge in [-0.05, 0) is 46.7 Å². The van der Waals surface area contributed by atoms with Gasteiger partial charge in [-0.15, -0.1) is 24.8 Å². The second-order valence-electron chi connectivity index (χ2n) is 7.72. The fourth-order valence-electron chi connectivity index (χ4n) is 3.62. The number of benzene rings is 2. The molecule has 0 aliphatic carbocycles. The van der Waals surface area contributed by atoms with E-state index < -0.39 is 0 Å². The maximum absolute atomic E-state index is 12.3. The number of aromatic nitrogens is 1. The van der Waals surface area contributed by atoms with Gasteiger partial charge in [0.2, 0.25) is 0 Å². The van der Waals surface area contributed by atoms with E-state index in [1.165, 1.54) is 7.11 Å². The fraction of sp³-hybridized carbons (Fsp3) is 0.280. The summed E-state index contributed by atoms with van der Waals surface area (Å²) in [6, 6.07) is 17.6. The van der Waals surface area contributed by atoms with Crippen LogP contribution in [-0.2, 0) is 24.2 Å². The molecule has 4 N–H and O–H groups in total. The van der Waals surface area contributed by atoms with Crippen molar-refractivity contribution in [3.63, 3.8) is 0 Å². The SMILES string of the molecule is COC(=O)c1ccccc1-c1cc(-c2ccc(CN)cc2)c(CN)c(CC(C)C)n1.Cl.Cl. The molecule has 3 rings (SSSR count). The van der Waals surface area contributed by atoms with Crippen LogP contribution in [0.15, 0.2) is 54.6 Å². The van der Waals surface area contributed by atoms with Gasteiger partial charge in [0.1, 0.15) is 0 Å². The molecule has 0 bridgehead atoms. The minimum absolute atomic E-state index is 0. The Kier molecular flexibility index (Phi) is 10.8. The highest BCUT2D eigenvalue weighted by Gasteiger charge is 2.19. The number of esters is 1. The summed E-state index contributed by atoms with van der Waals surface area (Å²) in [6.45, 7) is 5.21. The molecule has 0 saturated carbocycles. The number of ether oxygens (including phenoxy) is 1. The van der Waals surface area contributed by atoms with Crippen molar-refractivity contribution in [3.8, 4) is 22.4 Å². The first-order valence-electron chi connectivity index (χ1n) is 10.2. The molecule has 3 aromatic rings. The average Bonchev–Trinajstić information content (AvgIpc) is 2.77. The van der Waals surface area contributed by atoms with Crippen LogP contribution in [0.5, 0.6) is 0 Å². The Labute approximate surface area is 202 Å². The van der Waals surface area contributed by atoms with Gasteiger partial charge < -0.3 is 16.2 Å². The maximum atomic E-state index is 12.3. The van der Waals surface area contributed by atoms with E-state index in [1.54, 1.807) is 6.07 Å². The molecule has 5 nitrogen and oxygen atoms in total. The first-order valence-corrected chi connectivity index (χ1v) is 10.2. The second-order valence-corrected chi connectivity index (χ2v) is 7.72. The van der Waals surface area contributed by atoms with Gasteiger partial charge in [-0.25, -0.2) is 4.79 Å². The molecule has 1 aromatic heterocycles. The zero-order chi connectivity index (χ0) is 21.7. The van der Waals surface area contributed by atoms with Crippen molar-refractivity contribution in [2.75, 3.05) is 7.11 Å². The summed E-state index contributed by atoms with van der Waals surface area (Å²) < 4.78 is 4.98. The predicted molar refractivity (Wildman–Crippen MR) is 135 cm³/mol. The van der Waals surface area contributed by atoms with Gasteiger partial charge in [0, 0.05) is 24.3 Å². The van der Waals surface area contributed by atoms with Crippen molar-refractivity contribution in [1.82, 2.24) is 4.98 Å². The van der Waals surface area contributed by atoms with Crippen LogP contribution in [0.1, 0.15) is 41.0 Å². The molecule has 172 valence electrons. The molecule has 0 aliphatic heterocycles. The lowest BCUT2D eigenvalue weighted by atomic mass is 9.92. The summed E-state index contributed by atoms with van der Waals surface area (Å²) in [5, 5.41) is 0. The van der Waals surface area contributed by atoms with Crippen LogP contribution in [0.2, 0.25) is 0 Å². The van der Waals surface area contributed by atoms with Gasteiger partial charge in [-0.1, -0.05) is 56.3 Å². The molecule has 32 heavy (non-hydrogen) atoms. The Hall–Kier alpha value is -2.44. The van der Waals surface area contributed by atoms with Crippen molar-refractivity contribution in [2.45, 2.75) is 33.4 Å². The van der Waals surface area contributed by atoms with Gasteiger partial charge in [-0.3, -0.25) is 4.98 Å². The predicted octanol–water partition coefficient (Wildman–Crippen LogP) is 5.16. The zero-order valence-electron chi connectivity index (χ0n) is 18.6. The Morgan fingerprint density at radius 1 is 0.969 bits per heavy atom. The molecule has 0 saturated heterocycles. The lowest BCUT2D eigenvalue weighted by Crippen LogP contribution is -2.11. The van der Waals surface area contributed by atoms with Crippen molar-refractivity contribution in [3.05, 3.63) is 77.0 Å². The lowest BCUT2D eigenvalue weighted by molar-refractivity contribution is 0.0601. The lowest BCUT2D eigenvalue weighted by Gasteiger charge is -2.18. The number of carbonyl (C=O) groups is 1. The number of nitrogens with zero attached hydrogens (tertiary/aromatic N) is 1. The number of halogens is 2. The highest BCUT2D eigenvalue weighted by molar-refractivity contribution is 5.97. The molecule has 0 atom stereocenters. The van der Waals surface area contributed by atoms with Crippen molar-refractivity contribution in [2.24, 2.45) is 17.4 Å². The number of nitrogens with two attached hydrogens (primary N) is 2. The minimum atomic E-state index is -0.380. The first-order chi connectivity index (χ1) is 14.5. The van der Waals surface area contributed by atoms with E-state index in [0.717, 1.165) is 45.6 Å². The Balaban J connectivity index is 0.00000256. The van der Waals surface area contributed by atoms with Crippen molar-refractivity contribution >= 4 is 30.8 Å². The molecular weight excluding hydrogens is 445 g/mol. The molecule has 1 heterocycles. The number of rotatable bonds is 7. The molecule has 0 radical (unpaired) electrons. The summed E-state index contributed by atoms with van der Waals surface area (Å²) in [7, 11) is 1.39. The topological polar surface area (TPSA) is 91.2 Å². The van der Waals surface area contributed by atoms with Crippen LogP contribution in [-0.4, -0.2) is 18.1 Å². The van der Waals surface area contributed by atoms with Crippen molar-refractivity contribution < 1.29 is 9.53 Å². The van der Waals surface area contributed by atoms with E-state index >= 15 is 0 Å². The summed E-state index contributed by atoms with van der Waals surface area (Å²) in [4.78, 5) is 17.3. The number of carbonyl (C=O) groups excluding carboxylic acids is 1. The third-order valence-corrected chi connectivity index (χ3v) is 5.12. The van der Waals surface area contributed by atoms with Crippen LogP contribution < -0.4 is 11.5 Å². The average molecular weight is 476 g/mol. The van der Waals surface area contributed by atoms with Gasteiger partial charge in [0.05, 0.1) is 18.4 Å². The summed E-state index contributed by atoms with van der Waals surface area (Å²) in [5.74, 6) is 0.0379. The van der Waals surface area contributed by atoms with E-state index in [9.17, 15) is 4.79 Å². The molecule has 0 unspecified atom stereocenters. The Morgan fingerprint density at radius 2 is 1.62 bits per heavy atom. The molecule has 7 heteroatoms. The fourth-order valence-corrected chi connectivity index (χ4v) is 3.62. The van der Waals surface area contributed by atoms with Crippen LogP contribution in [0.25, 0.3) is 22.4 Å². The highest BCUT2D eigenvalue weighted by Crippen LogP contribution is 2.33. The van der Waals surface area contributed by atoms with Gasteiger partial charge >= 0.3 is 5.97 Å². The number of methoxy groups -OCH3 is 1. The smallest absolute Gasteiger partial charge is 0.338 e. The first kappa shape index (κ1) is 27.6. The minimum Gasteiger partial charge on any atom is -0.465 e. The Morgan fingerprint density at radius 3 is 2.19 bits per heavy atom. The highest BCUT2D eigenvalue weighted by atomic mass is 35.5. The summed E-state index contributed by atoms with van der Waals surface area (Å²) in [6.07, 6.45) is 0.800.